The van der Waals surface area contributed by atoms with Crippen molar-refractivity contribution < 1.29 is 4.79 Å². The van der Waals surface area contributed by atoms with Crippen molar-refractivity contribution in [2.45, 2.75) is 47.1 Å². The monoisotopic (exact) mass is 193 g/mol. The summed E-state index contributed by atoms with van der Waals surface area (Å²) in [4.78, 5) is 11.6. The summed E-state index contributed by atoms with van der Waals surface area (Å²) >= 11 is 0. The maximum atomic E-state index is 11.6. The van der Waals surface area contributed by atoms with Crippen LogP contribution in [0.1, 0.15) is 55.0 Å². The highest BCUT2D eigenvalue weighted by atomic mass is 16.1. The highest BCUT2D eigenvalue weighted by Gasteiger charge is 2.15. The standard InChI is InChI=1S/C12H19NO/c1-6-12(14)11-7-9(4)13(8(2)3)10(11)5/h7-8H,6H2,1-5H3. The molecule has 0 radical (unpaired) electrons. The van der Waals surface area contributed by atoms with Gasteiger partial charge in [-0.3, -0.25) is 4.79 Å². The molecular weight excluding hydrogens is 174 g/mol. The number of hydrogen-bond acceptors (Lipinski definition) is 1. The molecule has 0 aliphatic carbocycles. The van der Waals surface area contributed by atoms with Crippen LogP contribution in [0.4, 0.5) is 0 Å². The van der Waals surface area contributed by atoms with Crippen LogP contribution in [0.2, 0.25) is 0 Å². The Balaban J connectivity index is 3.23. The molecule has 14 heavy (non-hydrogen) atoms. The van der Waals surface area contributed by atoms with E-state index < -0.39 is 0 Å². The van der Waals surface area contributed by atoms with Crippen LogP contribution < -0.4 is 0 Å². The largest absolute Gasteiger partial charge is 0.346 e. The zero-order valence-corrected chi connectivity index (χ0v) is 9.72. The Hall–Kier alpha value is -1.05. The number of Topliss-reactive ketones (excluding diaryl/α,β-unsaturated/α-hetero) is 1. The van der Waals surface area contributed by atoms with Gasteiger partial charge in [0.25, 0.3) is 0 Å². The molecule has 2 nitrogen and oxygen atoms in total. The van der Waals surface area contributed by atoms with Gasteiger partial charge in [-0.2, -0.15) is 0 Å². The average Bonchev–Trinajstić information content (AvgIpc) is 2.40. The van der Waals surface area contributed by atoms with E-state index in [2.05, 4.69) is 25.3 Å². The first-order valence-corrected chi connectivity index (χ1v) is 5.20. The van der Waals surface area contributed by atoms with E-state index in [1.54, 1.807) is 0 Å². The van der Waals surface area contributed by atoms with E-state index in [4.69, 9.17) is 0 Å². The first-order chi connectivity index (χ1) is 6.49. The van der Waals surface area contributed by atoms with Gasteiger partial charge in [0.15, 0.2) is 5.78 Å². The van der Waals surface area contributed by atoms with Crippen LogP contribution in [0.5, 0.6) is 0 Å². The van der Waals surface area contributed by atoms with Crippen molar-refractivity contribution in [3.8, 4) is 0 Å². The van der Waals surface area contributed by atoms with Crippen molar-refractivity contribution in [3.63, 3.8) is 0 Å². The average molecular weight is 193 g/mol. The van der Waals surface area contributed by atoms with E-state index in [1.807, 2.05) is 19.9 Å². The highest BCUT2D eigenvalue weighted by Crippen LogP contribution is 2.20. The minimum Gasteiger partial charge on any atom is -0.346 e. The second kappa shape index (κ2) is 3.99. The Labute approximate surface area is 85.9 Å². The second-order valence-corrected chi connectivity index (χ2v) is 4.03. The Morgan fingerprint density at radius 3 is 2.36 bits per heavy atom. The minimum atomic E-state index is 0.241. The van der Waals surface area contributed by atoms with Gasteiger partial charge in [0, 0.05) is 29.4 Å². The smallest absolute Gasteiger partial charge is 0.164 e. The van der Waals surface area contributed by atoms with Gasteiger partial charge >= 0.3 is 0 Å². The fourth-order valence-corrected chi connectivity index (χ4v) is 2.04. The minimum absolute atomic E-state index is 0.241. The van der Waals surface area contributed by atoms with Gasteiger partial charge in [0.1, 0.15) is 0 Å². The van der Waals surface area contributed by atoms with Crippen molar-refractivity contribution in [3.05, 3.63) is 23.0 Å². The molecule has 1 rings (SSSR count). The molecule has 0 amide bonds. The molecule has 0 saturated heterocycles. The van der Waals surface area contributed by atoms with E-state index >= 15 is 0 Å². The molecule has 0 aromatic carbocycles. The number of rotatable bonds is 3. The van der Waals surface area contributed by atoms with Gasteiger partial charge in [-0.05, 0) is 33.8 Å². The van der Waals surface area contributed by atoms with Gasteiger partial charge in [0.05, 0.1) is 0 Å². The molecule has 2 heteroatoms. The number of ketones is 1. The second-order valence-electron chi connectivity index (χ2n) is 4.03. The van der Waals surface area contributed by atoms with Crippen molar-refractivity contribution in [2.24, 2.45) is 0 Å². The topological polar surface area (TPSA) is 22.0 Å². The lowest BCUT2D eigenvalue weighted by Crippen LogP contribution is -2.06. The van der Waals surface area contributed by atoms with Crippen LogP contribution >= 0.6 is 0 Å². The fraction of sp³-hybridized carbons (Fsp3) is 0.583. The fourth-order valence-electron chi connectivity index (χ4n) is 2.04. The quantitative estimate of drug-likeness (QED) is 0.675. The molecule has 0 aliphatic rings. The predicted octanol–water partition coefficient (Wildman–Crippen LogP) is 3.28. The molecule has 1 aromatic heterocycles. The van der Waals surface area contributed by atoms with Crippen LogP contribution in [0, 0.1) is 13.8 Å². The van der Waals surface area contributed by atoms with E-state index in [-0.39, 0.29) is 5.78 Å². The molecule has 1 aromatic rings. The number of aryl methyl sites for hydroxylation is 1. The molecular formula is C12H19NO. The van der Waals surface area contributed by atoms with Gasteiger partial charge in [-0.15, -0.1) is 0 Å². The predicted molar refractivity (Wildman–Crippen MR) is 58.9 cm³/mol. The zero-order valence-electron chi connectivity index (χ0n) is 9.72. The number of aromatic nitrogens is 1. The lowest BCUT2D eigenvalue weighted by molar-refractivity contribution is 0.0987. The number of carbonyl (C=O) groups excluding carboxylic acids is 1. The molecule has 0 spiro atoms. The third-order valence-electron chi connectivity index (χ3n) is 2.62. The van der Waals surface area contributed by atoms with E-state index in [9.17, 15) is 4.79 Å². The van der Waals surface area contributed by atoms with Crippen molar-refractivity contribution in [1.82, 2.24) is 4.57 Å². The van der Waals surface area contributed by atoms with Crippen LogP contribution in [0.25, 0.3) is 0 Å². The summed E-state index contributed by atoms with van der Waals surface area (Å²) in [6.45, 7) is 10.3. The summed E-state index contributed by atoms with van der Waals surface area (Å²) in [7, 11) is 0. The van der Waals surface area contributed by atoms with Gasteiger partial charge in [0.2, 0.25) is 0 Å². The van der Waals surface area contributed by atoms with Gasteiger partial charge in [-0.25, -0.2) is 0 Å². The highest BCUT2D eigenvalue weighted by molar-refractivity contribution is 5.97. The van der Waals surface area contributed by atoms with Crippen molar-refractivity contribution in [1.29, 1.82) is 0 Å². The zero-order chi connectivity index (χ0) is 10.9. The van der Waals surface area contributed by atoms with Crippen molar-refractivity contribution >= 4 is 5.78 Å². The number of carbonyl (C=O) groups is 1. The Kier molecular flexibility index (Phi) is 3.14. The Morgan fingerprint density at radius 1 is 1.43 bits per heavy atom. The normalized spacial score (nSPS) is 11.0. The SMILES string of the molecule is CCC(=O)c1cc(C)n(C(C)C)c1C. The summed E-state index contributed by atoms with van der Waals surface area (Å²) in [6.07, 6.45) is 0.586. The molecule has 0 fully saturated rings. The van der Waals surface area contributed by atoms with Crippen LogP contribution in [-0.4, -0.2) is 10.4 Å². The summed E-state index contributed by atoms with van der Waals surface area (Å²) in [5.74, 6) is 0.241. The van der Waals surface area contributed by atoms with Crippen LogP contribution in [0.15, 0.2) is 6.07 Å². The summed E-state index contributed by atoms with van der Waals surface area (Å²) in [5, 5.41) is 0. The molecule has 0 unspecified atom stereocenters. The lowest BCUT2D eigenvalue weighted by Gasteiger charge is -2.13. The van der Waals surface area contributed by atoms with Gasteiger partial charge < -0.3 is 4.57 Å². The van der Waals surface area contributed by atoms with E-state index in [0.29, 0.717) is 12.5 Å². The first-order valence-electron chi connectivity index (χ1n) is 5.20. The number of hydrogen-bond donors (Lipinski definition) is 0. The summed E-state index contributed by atoms with van der Waals surface area (Å²) in [5.41, 5.74) is 3.16. The number of nitrogens with zero attached hydrogens (tertiary/aromatic N) is 1. The summed E-state index contributed by atoms with van der Waals surface area (Å²) < 4.78 is 2.21. The Bertz CT molecular complexity index is 347. The van der Waals surface area contributed by atoms with Crippen LogP contribution in [-0.2, 0) is 0 Å². The van der Waals surface area contributed by atoms with E-state index in [0.717, 1.165) is 11.3 Å². The lowest BCUT2D eigenvalue weighted by atomic mass is 10.1. The molecule has 1 heterocycles. The van der Waals surface area contributed by atoms with Gasteiger partial charge in [-0.1, -0.05) is 6.92 Å². The van der Waals surface area contributed by atoms with E-state index in [1.165, 1.54) is 5.69 Å². The van der Waals surface area contributed by atoms with Crippen LogP contribution in [0.3, 0.4) is 0 Å². The molecule has 0 atom stereocenters. The maximum absolute atomic E-state index is 11.6. The molecule has 0 bridgehead atoms. The molecule has 0 N–H and O–H groups in total. The summed E-state index contributed by atoms with van der Waals surface area (Å²) in [6, 6.07) is 2.43. The molecule has 78 valence electrons. The molecule has 0 saturated carbocycles. The third kappa shape index (κ3) is 1.74. The Morgan fingerprint density at radius 2 is 2.00 bits per heavy atom. The third-order valence-corrected chi connectivity index (χ3v) is 2.62. The molecule has 0 aliphatic heterocycles. The van der Waals surface area contributed by atoms with Crippen molar-refractivity contribution in [2.75, 3.05) is 0 Å². The maximum Gasteiger partial charge on any atom is 0.164 e. The first kappa shape index (κ1) is 11.0.